The zero-order valence-corrected chi connectivity index (χ0v) is 12.4. The molecule has 2 aromatic rings. The summed E-state index contributed by atoms with van der Waals surface area (Å²) in [5, 5.41) is 10.7. The first-order chi connectivity index (χ1) is 11.1. The Bertz CT molecular complexity index is 848. The number of benzene rings is 2. The molecule has 0 aromatic heterocycles. The molecule has 1 aliphatic rings. The molecule has 0 amide bonds. The average Bonchev–Trinajstić information content (AvgIpc) is 2.93. The Labute approximate surface area is 132 Å². The van der Waals surface area contributed by atoms with Gasteiger partial charge in [-0.25, -0.2) is 4.79 Å². The van der Waals surface area contributed by atoms with E-state index in [1.165, 1.54) is 19.2 Å². The molecule has 2 aromatic carbocycles. The predicted molar refractivity (Wildman–Crippen MR) is 87.4 cm³/mol. The molecule has 0 radical (unpaired) electrons. The third kappa shape index (κ3) is 2.76. The third-order valence-corrected chi connectivity index (χ3v) is 3.66. The maximum Gasteiger partial charge on any atom is 0.338 e. The number of carbonyl (C=O) groups excluding carboxylic acids is 1. The van der Waals surface area contributed by atoms with Gasteiger partial charge in [-0.15, -0.1) is 0 Å². The second kappa shape index (κ2) is 5.88. The van der Waals surface area contributed by atoms with Crippen LogP contribution in [0.5, 0.6) is 0 Å². The number of hydrogen-bond acceptors (Lipinski definition) is 4. The van der Waals surface area contributed by atoms with Gasteiger partial charge in [-0.2, -0.15) is 0 Å². The van der Waals surface area contributed by atoms with Crippen molar-refractivity contribution >= 4 is 29.4 Å². The van der Waals surface area contributed by atoms with Crippen LogP contribution in [0.3, 0.4) is 0 Å². The van der Waals surface area contributed by atoms with Crippen molar-refractivity contribution in [1.82, 2.24) is 0 Å². The van der Waals surface area contributed by atoms with E-state index < -0.39 is 10.9 Å². The maximum atomic E-state index is 12.0. The number of esters is 1. The zero-order valence-electron chi connectivity index (χ0n) is 12.4. The Morgan fingerprint density at radius 3 is 2.48 bits per heavy atom. The lowest BCUT2D eigenvalue weighted by molar-refractivity contribution is -0.384. The summed E-state index contributed by atoms with van der Waals surface area (Å²) in [6, 6.07) is 13.8. The van der Waals surface area contributed by atoms with Crippen LogP contribution in [0.15, 0.2) is 54.1 Å². The highest BCUT2D eigenvalue weighted by atomic mass is 16.6. The van der Waals surface area contributed by atoms with Crippen molar-refractivity contribution in [2.24, 2.45) is 0 Å². The van der Waals surface area contributed by atoms with Gasteiger partial charge in [0.2, 0.25) is 0 Å². The molecule has 0 heterocycles. The number of nitro benzene ring substituents is 1. The van der Waals surface area contributed by atoms with E-state index in [1.807, 2.05) is 30.3 Å². The van der Waals surface area contributed by atoms with Crippen molar-refractivity contribution in [2.75, 3.05) is 7.11 Å². The van der Waals surface area contributed by atoms with Crippen LogP contribution in [0.1, 0.15) is 16.7 Å². The van der Waals surface area contributed by atoms with Crippen LogP contribution in [0.2, 0.25) is 0 Å². The van der Waals surface area contributed by atoms with Gasteiger partial charge in [0.1, 0.15) is 0 Å². The molecule has 0 spiro atoms. The third-order valence-electron chi connectivity index (χ3n) is 3.66. The maximum absolute atomic E-state index is 12.0. The zero-order chi connectivity index (χ0) is 16.4. The Morgan fingerprint density at radius 1 is 1.13 bits per heavy atom. The van der Waals surface area contributed by atoms with Crippen LogP contribution < -0.4 is 0 Å². The molecule has 0 aliphatic heterocycles. The molecule has 0 saturated heterocycles. The van der Waals surface area contributed by atoms with Crippen LogP contribution in [0.25, 0.3) is 17.7 Å². The standard InChI is InChI=1S/C18H13NO4/c1-23-18(20)17-11-13-4-2-3-5-15(13)16(17)10-12-6-8-14(9-7-12)19(21)22/h2-11H,1H3/b16-10-. The first-order valence-corrected chi connectivity index (χ1v) is 6.96. The normalized spacial score (nSPS) is 14.3. The van der Waals surface area contributed by atoms with Crippen LogP contribution in [0.4, 0.5) is 5.69 Å². The van der Waals surface area contributed by atoms with Crippen molar-refractivity contribution in [2.45, 2.75) is 0 Å². The van der Waals surface area contributed by atoms with Gasteiger partial charge in [0.15, 0.2) is 0 Å². The lowest BCUT2D eigenvalue weighted by Crippen LogP contribution is -2.03. The van der Waals surface area contributed by atoms with Crippen LogP contribution in [0, 0.1) is 10.1 Å². The molecular formula is C18H13NO4. The Kier molecular flexibility index (Phi) is 3.76. The number of carbonyl (C=O) groups is 1. The number of ether oxygens (including phenoxy) is 1. The number of methoxy groups -OCH3 is 1. The monoisotopic (exact) mass is 307 g/mol. The van der Waals surface area contributed by atoms with Crippen molar-refractivity contribution in [3.05, 3.63) is 80.9 Å². The smallest absolute Gasteiger partial charge is 0.338 e. The van der Waals surface area contributed by atoms with Crippen molar-refractivity contribution < 1.29 is 14.5 Å². The SMILES string of the molecule is COC(=O)C1=Cc2ccccc2/C1=C/c1ccc([N+](=O)[O-])cc1. The molecule has 114 valence electrons. The van der Waals surface area contributed by atoms with Gasteiger partial charge in [-0.1, -0.05) is 24.3 Å². The first kappa shape index (κ1) is 14.7. The summed E-state index contributed by atoms with van der Waals surface area (Å²) in [7, 11) is 1.34. The number of hydrogen-bond donors (Lipinski definition) is 0. The Hall–Kier alpha value is -3.21. The molecule has 23 heavy (non-hydrogen) atoms. The summed E-state index contributed by atoms with van der Waals surface area (Å²) in [5.41, 5.74) is 3.92. The van der Waals surface area contributed by atoms with Crippen LogP contribution in [-0.2, 0) is 9.53 Å². The van der Waals surface area contributed by atoms with Gasteiger partial charge in [-0.05, 0) is 46.5 Å². The molecule has 0 unspecified atom stereocenters. The molecule has 0 N–H and O–H groups in total. The van der Waals surface area contributed by atoms with Gasteiger partial charge in [0, 0.05) is 12.1 Å². The highest BCUT2D eigenvalue weighted by Crippen LogP contribution is 2.37. The summed E-state index contributed by atoms with van der Waals surface area (Å²) in [4.78, 5) is 22.3. The lowest BCUT2D eigenvalue weighted by atomic mass is 10.00. The summed E-state index contributed by atoms with van der Waals surface area (Å²) >= 11 is 0. The van der Waals surface area contributed by atoms with Crippen LogP contribution >= 0.6 is 0 Å². The van der Waals surface area contributed by atoms with E-state index in [0.29, 0.717) is 5.57 Å². The molecule has 0 saturated carbocycles. The molecular weight excluding hydrogens is 294 g/mol. The van der Waals surface area contributed by atoms with E-state index in [9.17, 15) is 14.9 Å². The average molecular weight is 307 g/mol. The van der Waals surface area contributed by atoms with Gasteiger partial charge >= 0.3 is 5.97 Å². The number of nitrogens with zero attached hydrogens (tertiary/aromatic N) is 1. The van der Waals surface area contributed by atoms with Gasteiger partial charge in [0.25, 0.3) is 5.69 Å². The lowest BCUT2D eigenvalue weighted by Gasteiger charge is -2.06. The number of fused-ring (bicyclic) bond motifs is 1. The molecule has 0 fully saturated rings. The molecule has 5 nitrogen and oxygen atoms in total. The van der Waals surface area contributed by atoms with E-state index in [4.69, 9.17) is 4.74 Å². The Balaban J connectivity index is 2.06. The van der Waals surface area contributed by atoms with Crippen molar-refractivity contribution in [1.29, 1.82) is 0 Å². The highest BCUT2D eigenvalue weighted by Gasteiger charge is 2.24. The largest absolute Gasteiger partial charge is 0.465 e. The predicted octanol–water partition coefficient (Wildman–Crippen LogP) is 3.71. The van der Waals surface area contributed by atoms with Crippen molar-refractivity contribution in [3.63, 3.8) is 0 Å². The fourth-order valence-electron chi connectivity index (χ4n) is 2.54. The molecule has 0 bridgehead atoms. The molecule has 5 heteroatoms. The van der Waals surface area contributed by atoms with Crippen molar-refractivity contribution in [3.8, 4) is 0 Å². The molecule has 3 rings (SSSR count). The minimum atomic E-state index is -0.443. The summed E-state index contributed by atoms with van der Waals surface area (Å²) in [5.74, 6) is -0.408. The minimum absolute atomic E-state index is 0.0303. The van der Waals surface area contributed by atoms with Crippen LogP contribution in [-0.4, -0.2) is 18.0 Å². The fraction of sp³-hybridized carbons (Fsp3) is 0.0556. The number of rotatable bonds is 3. The minimum Gasteiger partial charge on any atom is -0.465 e. The second-order valence-corrected chi connectivity index (χ2v) is 5.04. The summed E-state index contributed by atoms with van der Waals surface area (Å²) in [6.07, 6.45) is 3.62. The van der Waals surface area contributed by atoms with E-state index >= 15 is 0 Å². The van der Waals surface area contributed by atoms with E-state index in [0.717, 1.165) is 22.3 Å². The number of nitro groups is 1. The van der Waals surface area contributed by atoms with E-state index in [1.54, 1.807) is 18.2 Å². The van der Waals surface area contributed by atoms with E-state index in [2.05, 4.69) is 0 Å². The molecule has 0 atom stereocenters. The quantitative estimate of drug-likeness (QED) is 0.492. The molecule has 1 aliphatic carbocycles. The number of non-ortho nitro benzene ring substituents is 1. The topological polar surface area (TPSA) is 69.4 Å². The van der Waals surface area contributed by atoms with Gasteiger partial charge < -0.3 is 4.74 Å². The summed E-state index contributed by atoms with van der Waals surface area (Å²) < 4.78 is 4.85. The Morgan fingerprint density at radius 2 is 1.83 bits per heavy atom. The first-order valence-electron chi connectivity index (χ1n) is 6.96. The highest BCUT2D eigenvalue weighted by molar-refractivity contribution is 6.18. The van der Waals surface area contributed by atoms with Gasteiger partial charge in [0.05, 0.1) is 17.6 Å². The van der Waals surface area contributed by atoms with Gasteiger partial charge in [-0.3, -0.25) is 10.1 Å². The fourth-order valence-corrected chi connectivity index (χ4v) is 2.54. The second-order valence-electron chi connectivity index (χ2n) is 5.04. The van der Waals surface area contributed by atoms with E-state index in [-0.39, 0.29) is 5.69 Å². The summed E-state index contributed by atoms with van der Waals surface area (Å²) in [6.45, 7) is 0.